The first kappa shape index (κ1) is 11.1. The molecule has 0 aliphatic rings. The molecule has 0 aromatic carbocycles. The van der Waals surface area contributed by atoms with Gasteiger partial charge in [-0.25, -0.2) is 0 Å². The van der Waals surface area contributed by atoms with Gasteiger partial charge in [-0.05, 0) is 34.5 Å². The number of hydrogen-bond acceptors (Lipinski definition) is 3. The lowest BCUT2D eigenvalue weighted by Gasteiger charge is -1.88. The maximum Gasteiger partial charge on any atom is 0.292 e. The van der Waals surface area contributed by atoms with Crippen molar-refractivity contribution in [3.8, 4) is 0 Å². The molecule has 4 heteroatoms. The van der Waals surface area contributed by atoms with Crippen LogP contribution in [0.5, 0.6) is 0 Å². The second-order valence-corrected chi connectivity index (χ2v) is 2.93. The summed E-state index contributed by atoms with van der Waals surface area (Å²) in [5.74, 6) is 0. The van der Waals surface area contributed by atoms with E-state index in [-0.39, 0.29) is 0 Å². The predicted molar refractivity (Wildman–Crippen MR) is 49.7 cm³/mol. The Kier molecular flexibility index (Phi) is 6.28. The van der Waals surface area contributed by atoms with Gasteiger partial charge < -0.3 is 4.74 Å². The topological polar surface area (TPSA) is 39.2 Å². The first-order valence-corrected chi connectivity index (χ1v) is 4.03. The molecule has 0 spiro atoms. The summed E-state index contributed by atoms with van der Waals surface area (Å²) in [6.07, 6.45) is 3.60. The van der Waals surface area contributed by atoms with Gasteiger partial charge in [-0.3, -0.25) is 9.78 Å². The van der Waals surface area contributed by atoms with Crippen LogP contribution in [0.3, 0.4) is 0 Å². The fourth-order valence-electron chi connectivity index (χ4n) is 0.518. The third kappa shape index (κ3) is 5.85. The van der Waals surface area contributed by atoms with E-state index in [2.05, 4.69) is 25.7 Å². The average molecular weight is 232 g/mol. The van der Waals surface area contributed by atoms with Crippen molar-refractivity contribution in [1.82, 2.24) is 4.98 Å². The monoisotopic (exact) mass is 231 g/mol. The van der Waals surface area contributed by atoms with Gasteiger partial charge in [0.2, 0.25) is 0 Å². The van der Waals surface area contributed by atoms with E-state index in [1.165, 1.54) is 12.7 Å². The molecule has 1 heterocycles. The molecule has 0 unspecified atom stereocenters. The molecule has 1 rings (SSSR count). The highest BCUT2D eigenvalue weighted by molar-refractivity contribution is 9.10. The number of aromatic nitrogens is 1. The Morgan fingerprint density at radius 3 is 2.42 bits per heavy atom. The van der Waals surface area contributed by atoms with Gasteiger partial charge in [0.25, 0.3) is 6.47 Å². The molecular weight excluding hydrogens is 222 g/mol. The van der Waals surface area contributed by atoms with Crippen LogP contribution < -0.4 is 0 Å². The zero-order chi connectivity index (χ0) is 9.40. The second-order valence-electron chi connectivity index (χ2n) is 2.01. The van der Waals surface area contributed by atoms with Crippen LogP contribution in [-0.2, 0) is 9.53 Å². The van der Waals surface area contributed by atoms with Gasteiger partial charge in [-0.15, -0.1) is 0 Å². The summed E-state index contributed by atoms with van der Waals surface area (Å²) < 4.78 is 4.90. The lowest BCUT2D eigenvalue weighted by atomic mass is 10.3. The lowest BCUT2D eigenvalue weighted by Crippen LogP contribution is -1.73. The number of carbonyl (C=O) groups excluding carboxylic acids is 1. The molecule has 1 aromatic heterocycles. The number of halogens is 1. The first-order valence-electron chi connectivity index (χ1n) is 3.24. The summed E-state index contributed by atoms with van der Waals surface area (Å²) in [6, 6.07) is 2.02. The molecular formula is C8H10BrNO2. The predicted octanol–water partition coefficient (Wildman–Crippen LogP) is 1.94. The molecule has 0 radical (unpaired) electrons. The van der Waals surface area contributed by atoms with Crippen molar-refractivity contribution in [3.05, 3.63) is 28.5 Å². The Bertz CT molecular complexity index is 223. The van der Waals surface area contributed by atoms with E-state index in [4.69, 9.17) is 4.79 Å². The van der Waals surface area contributed by atoms with Crippen LogP contribution in [0.1, 0.15) is 5.56 Å². The van der Waals surface area contributed by atoms with Crippen molar-refractivity contribution in [2.75, 3.05) is 7.11 Å². The van der Waals surface area contributed by atoms with Crippen LogP contribution in [0.2, 0.25) is 0 Å². The summed E-state index contributed by atoms with van der Waals surface area (Å²) in [4.78, 5) is 12.9. The molecule has 0 saturated heterocycles. The number of rotatable bonds is 1. The minimum Gasteiger partial charge on any atom is -0.471 e. The SMILES string of the molecule is COC=O.Cc1cncc(Br)c1. The Balaban J connectivity index is 0.000000261. The smallest absolute Gasteiger partial charge is 0.292 e. The van der Waals surface area contributed by atoms with E-state index in [0.717, 1.165) is 4.47 Å². The highest BCUT2D eigenvalue weighted by atomic mass is 79.9. The average Bonchev–Trinajstić information content (AvgIpc) is 2.04. The first-order chi connectivity index (χ1) is 5.70. The maximum atomic E-state index is 8.95. The fourth-order valence-corrected chi connectivity index (χ4v) is 0.997. The summed E-state index contributed by atoms with van der Waals surface area (Å²) in [7, 11) is 1.31. The van der Waals surface area contributed by atoms with Gasteiger partial charge in [0.05, 0.1) is 7.11 Å². The van der Waals surface area contributed by atoms with Gasteiger partial charge >= 0.3 is 0 Å². The molecule has 0 atom stereocenters. The van der Waals surface area contributed by atoms with Crippen LogP contribution in [0.4, 0.5) is 0 Å². The van der Waals surface area contributed by atoms with Gasteiger partial charge in [-0.2, -0.15) is 0 Å². The van der Waals surface area contributed by atoms with E-state index in [0.29, 0.717) is 6.47 Å². The van der Waals surface area contributed by atoms with Crippen molar-refractivity contribution in [3.63, 3.8) is 0 Å². The summed E-state index contributed by atoms with van der Waals surface area (Å²) in [5.41, 5.74) is 1.18. The molecule has 0 aliphatic carbocycles. The zero-order valence-electron chi connectivity index (χ0n) is 6.95. The minimum atomic E-state index is 0.375. The van der Waals surface area contributed by atoms with E-state index >= 15 is 0 Å². The molecule has 0 aliphatic heterocycles. The maximum absolute atomic E-state index is 8.95. The van der Waals surface area contributed by atoms with Crippen molar-refractivity contribution in [2.24, 2.45) is 0 Å². The molecule has 0 bridgehead atoms. The normalized spacial score (nSPS) is 7.92. The Morgan fingerprint density at radius 2 is 2.17 bits per heavy atom. The zero-order valence-corrected chi connectivity index (χ0v) is 8.54. The standard InChI is InChI=1S/C6H6BrN.C2H4O2/c1-5-2-6(7)4-8-3-5;1-4-2-3/h2-4H,1H3;2H,1H3. The number of hydrogen-bond donors (Lipinski definition) is 0. The molecule has 1 aromatic rings. The largest absolute Gasteiger partial charge is 0.471 e. The fraction of sp³-hybridized carbons (Fsp3) is 0.250. The van der Waals surface area contributed by atoms with Crippen LogP contribution in [0, 0.1) is 6.92 Å². The Morgan fingerprint density at radius 1 is 1.58 bits per heavy atom. The van der Waals surface area contributed by atoms with Gasteiger partial charge in [0.1, 0.15) is 0 Å². The molecule has 0 N–H and O–H groups in total. The number of carbonyl (C=O) groups is 1. The molecule has 3 nitrogen and oxygen atoms in total. The molecule has 0 fully saturated rings. The number of nitrogens with zero attached hydrogens (tertiary/aromatic N) is 1. The third-order valence-electron chi connectivity index (χ3n) is 0.938. The second kappa shape index (κ2) is 6.79. The number of pyridine rings is 1. The Hall–Kier alpha value is -0.900. The highest BCUT2D eigenvalue weighted by Gasteiger charge is 1.83. The van der Waals surface area contributed by atoms with Crippen molar-refractivity contribution in [2.45, 2.75) is 6.92 Å². The van der Waals surface area contributed by atoms with Crippen LogP contribution in [-0.4, -0.2) is 18.6 Å². The minimum absolute atomic E-state index is 0.375. The van der Waals surface area contributed by atoms with Gasteiger partial charge in [0.15, 0.2) is 0 Å². The van der Waals surface area contributed by atoms with Gasteiger partial charge in [0, 0.05) is 16.9 Å². The van der Waals surface area contributed by atoms with Gasteiger partial charge in [-0.1, -0.05) is 0 Å². The number of aryl methyl sites for hydroxylation is 1. The highest BCUT2D eigenvalue weighted by Crippen LogP contribution is 2.07. The van der Waals surface area contributed by atoms with E-state index in [1.807, 2.05) is 19.2 Å². The molecule has 0 amide bonds. The van der Waals surface area contributed by atoms with Crippen molar-refractivity contribution in [1.29, 1.82) is 0 Å². The number of ether oxygens (including phenoxy) is 1. The van der Waals surface area contributed by atoms with E-state index in [1.54, 1.807) is 6.20 Å². The summed E-state index contributed by atoms with van der Waals surface area (Å²) >= 11 is 3.30. The molecule has 66 valence electrons. The van der Waals surface area contributed by atoms with Crippen LogP contribution in [0.15, 0.2) is 22.9 Å². The van der Waals surface area contributed by atoms with Crippen LogP contribution >= 0.6 is 15.9 Å². The quantitative estimate of drug-likeness (QED) is 0.694. The van der Waals surface area contributed by atoms with Crippen molar-refractivity contribution >= 4 is 22.4 Å². The summed E-state index contributed by atoms with van der Waals surface area (Å²) in [5, 5.41) is 0. The third-order valence-corrected chi connectivity index (χ3v) is 1.37. The van der Waals surface area contributed by atoms with Crippen LogP contribution in [0.25, 0.3) is 0 Å². The van der Waals surface area contributed by atoms with E-state index in [9.17, 15) is 0 Å². The molecule has 0 saturated carbocycles. The Labute approximate surface area is 79.9 Å². The summed E-state index contributed by atoms with van der Waals surface area (Å²) in [6.45, 7) is 2.39. The van der Waals surface area contributed by atoms with Crippen molar-refractivity contribution < 1.29 is 9.53 Å². The van der Waals surface area contributed by atoms with E-state index < -0.39 is 0 Å². The lowest BCUT2D eigenvalue weighted by molar-refractivity contribution is -0.126. The molecule has 12 heavy (non-hydrogen) atoms. The number of methoxy groups -OCH3 is 1.